The van der Waals surface area contributed by atoms with Crippen LogP contribution in [0.5, 0.6) is 0 Å². The Morgan fingerprint density at radius 3 is 2.44 bits per heavy atom. The molecule has 0 amide bonds. The Kier molecular flexibility index (Phi) is 7.20. The van der Waals surface area contributed by atoms with Gasteiger partial charge < -0.3 is 10.1 Å². The Balaban J connectivity index is 2.41. The molecule has 1 aliphatic rings. The molecule has 1 rings (SSSR count). The zero-order valence-electron chi connectivity index (χ0n) is 12.9. The van der Waals surface area contributed by atoms with Crippen molar-refractivity contribution >= 4 is 0 Å². The van der Waals surface area contributed by atoms with Crippen molar-refractivity contribution in [2.75, 3.05) is 26.8 Å². The summed E-state index contributed by atoms with van der Waals surface area (Å²) in [5.41, 5.74) is 0. The first-order valence-electron chi connectivity index (χ1n) is 7.58. The van der Waals surface area contributed by atoms with Crippen LogP contribution in [0.25, 0.3) is 0 Å². The maximum atomic E-state index is 5.25. The van der Waals surface area contributed by atoms with E-state index in [1.54, 1.807) is 7.11 Å². The fourth-order valence-corrected chi connectivity index (χ4v) is 2.39. The Hall–Kier alpha value is -0.120. The molecule has 3 heteroatoms. The minimum Gasteiger partial charge on any atom is -0.383 e. The highest BCUT2D eigenvalue weighted by Crippen LogP contribution is 2.20. The first-order valence-corrected chi connectivity index (χ1v) is 7.58. The van der Waals surface area contributed by atoms with Crippen molar-refractivity contribution in [3.05, 3.63) is 0 Å². The van der Waals surface area contributed by atoms with Crippen molar-refractivity contribution in [2.24, 2.45) is 5.92 Å². The van der Waals surface area contributed by atoms with Gasteiger partial charge in [-0.2, -0.15) is 0 Å². The first-order chi connectivity index (χ1) is 8.60. The van der Waals surface area contributed by atoms with Crippen LogP contribution in [0.3, 0.4) is 0 Å². The molecule has 3 unspecified atom stereocenters. The molecular weight excluding hydrogens is 224 g/mol. The van der Waals surface area contributed by atoms with Crippen LogP contribution in [0, 0.1) is 5.92 Å². The molecule has 0 radical (unpaired) electrons. The normalized spacial score (nSPS) is 21.0. The van der Waals surface area contributed by atoms with Crippen molar-refractivity contribution in [3.8, 4) is 0 Å². The number of hydrogen-bond donors (Lipinski definition) is 1. The maximum absolute atomic E-state index is 5.25. The van der Waals surface area contributed by atoms with Gasteiger partial charge >= 0.3 is 0 Å². The van der Waals surface area contributed by atoms with Gasteiger partial charge in [-0.1, -0.05) is 13.8 Å². The lowest BCUT2D eigenvalue weighted by Gasteiger charge is -2.37. The molecule has 0 heterocycles. The monoisotopic (exact) mass is 256 g/mol. The summed E-state index contributed by atoms with van der Waals surface area (Å²) < 4.78 is 5.25. The molecule has 1 saturated carbocycles. The van der Waals surface area contributed by atoms with Gasteiger partial charge in [0.1, 0.15) is 0 Å². The fraction of sp³-hybridized carbons (Fsp3) is 1.00. The zero-order chi connectivity index (χ0) is 13.5. The molecule has 0 saturated heterocycles. The van der Waals surface area contributed by atoms with E-state index in [0.29, 0.717) is 18.0 Å². The predicted octanol–water partition coefficient (Wildman–Crippen LogP) is 2.51. The van der Waals surface area contributed by atoms with Crippen LogP contribution in [-0.2, 0) is 4.74 Å². The first kappa shape index (κ1) is 15.9. The molecular formula is C15H32N2O. The van der Waals surface area contributed by atoms with E-state index < -0.39 is 0 Å². The third-order valence-electron chi connectivity index (χ3n) is 4.36. The smallest absolute Gasteiger partial charge is 0.0589 e. The molecule has 1 aliphatic carbocycles. The third kappa shape index (κ3) is 5.25. The summed E-state index contributed by atoms with van der Waals surface area (Å²) in [4.78, 5) is 2.60. The minimum absolute atomic E-state index is 0.612. The summed E-state index contributed by atoms with van der Waals surface area (Å²) in [5.74, 6) is 0.691. The number of rotatable bonds is 10. The molecule has 108 valence electrons. The van der Waals surface area contributed by atoms with E-state index in [-0.39, 0.29) is 0 Å². The van der Waals surface area contributed by atoms with E-state index in [1.165, 1.54) is 19.3 Å². The topological polar surface area (TPSA) is 24.5 Å². The summed E-state index contributed by atoms with van der Waals surface area (Å²) in [6.07, 6.45) is 3.95. The molecule has 1 N–H and O–H groups in total. The SMILES string of the molecule is CCC(C)N(CCOC)C(C)C(C)CNC1CC1. The number of nitrogens with zero attached hydrogens (tertiary/aromatic N) is 1. The molecule has 3 nitrogen and oxygen atoms in total. The summed E-state index contributed by atoms with van der Waals surface area (Å²) in [7, 11) is 1.79. The minimum atomic E-state index is 0.612. The summed E-state index contributed by atoms with van der Waals surface area (Å²) in [6, 6.07) is 2.07. The van der Waals surface area contributed by atoms with Gasteiger partial charge in [0.15, 0.2) is 0 Å². The Morgan fingerprint density at radius 1 is 1.28 bits per heavy atom. The maximum Gasteiger partial charge on any atom is 0.0589 e. The highest BCUT2D eigenvalue weighted by molar-refractivity contribution is 4.84. The number of ether oxygens (including phenoxy) is 1. The van der Waals surface area contributed by atoms with Crippen molar-refractivity contribution < 1.29 is 4.74 Å². The molecule has 0 bridgehead atoms. The van der Waals surface area contributed by atoms with E-state index in [1.807, 2.05) is 0 Å². The van der Waals surface area contributed by atoms with Gasteiger partial charge in [-0.05, 0) is 45.6 Å². The lowest BCUT2D eigenvalue weighted by atomic mass is 9.99. The third-order valence-corrected chi connectivity index (χ3v) is 4.36. The van der Waals surface area contributed by atoms with E-state index in [2.05, 4.69) is 37.9 Å². The van der Waals surface area contributed by atoms with Gasteiger partial charge in [0, 0.05) is 31.8 Å². The molecule has 1 fully saturated rings. The quantitative estimate of drug-likeness (QED) is 0.650. The predicted molar refractivity (Wildman–Crippen MR) is 78.0 cm³/mol. The molecule has 0 spiro atoms. The standard InChI is InChI=1S/C15H32N2O/c1-6-13(3)17(9-10-18-5)14(4)12(2)11-16-15-7-8-15/h12-16H,6-11H2,1-5H3. The average molecular weight is 256 g/mol. The van der Waals surface area contributed by atoms with Crippen LogP contribution in [0.15, 0.2) is 0 Å². The van der Waals surface area contributed by atoms with Crippen molar-refractivity contribution in [2.45, 2.75) is 65.1 Å². The average Bonchev–Trinajstić information content (AvgIpc) is 3.19. The van der Waals surface area contributed by atoms with Gasteiger partial charge in [-0.25, -0.2) is 0 Å². The summed E-state index contributed by atoms with van der Waals surface area (Å²) in [5, 5.41) is 3.65. The largest absolute Gasteiger partial charge is 0.383 e. The van der Waals surface area contributed by atoms with Crippen LogP contribution >= 0.6 is 0 Å². The van der Waals surface area contributed by atoms with Gasteiger partial charge in [-0.3, -0.25) is 4.90 Å². The number of hydrogen-bond acceptors (Lipinski definition) is 3. The number of methoxy groups -OCH3 is 1. The van der Waals surface area contributed by atoms with Crippen LogP contribution in [0.4, 0.5) is 0 Å². The van der Waals surface area contributed by atoms with Crippen molar-refractivity contribution in [1.29, 1.82) is 0 Å². The van der Waals surface area contributed by atoms with Crippen LogP contribution in [0.1, 0.15) is 47.0 Å². The van der Waals surface area contributed by atoms with Crippen LogP contribution in [-0.4, -0.2) is 49.8 Å². The van der Waals surface area contributed by atoms with Crippen LogP contribution in [0.2, 0.25) is 0 Å². The highest BCUT2D eigenvalue weighted by Gasteiger charge is 2.26. The fourth-order valence-electron chi connectivity index (χ4n) is 2.39. The van der Waals surface area contributed by atoms with E-state index in [9.17, 15) is 0 Å². The molecule has 18 heavy (non-hydrogen) atoms. The van der Waals surface area contributed by atoms with Gasteiger partial charge in [-0.15, -0.1) is 0 Å². The van der Waals surface area contributed by atoms with Gasteiger partial charge in [0.05, 0.1) is 6.61 Å². The summed E-state index contributed by atoms with van der Waals surface area (Å²) in [6.45, 7) is 12.3. The Labute approximate surface area is 113 Å². The zero-order valence-corrected chi connectivity index (χ0v) is 12.9. The summed E-state index contributed by atoms with van der Waals surface area (Å²) >= 11 is 0. The Morgan fingerprint density at radius 2 is 1.94 bits per heavy atom. The Bertz CT molecular complexity index is 219. The number of nitrogens with one attached hydrogen (secondary N) is 1. The van der Waals surface area contributed by atoms with Gasteiger partial charge in [0.2, 0.25) is 0 Å². The second kappa shape index (κ2) is 8.13. The molecule has 0 aromatic carbocycles. The molecule has 3 atom stereocenters. The van der Waals surface area contributed by atoms with Crippen molar-refractivity contribution in [3.63, 3.8) is 0 Å². The lowest BCUT2D eigenvalue weighted by Crippen LogP contribution is -2.47. The lowest BCUT2D eigenvalue weighted by molar-refractivity contribution is 0.0725. The van der Waals surface area contributed by atoms with Crippen molar-refractivity contribution in [1.82, 2.24) is 10.2 Å². The van der Waals surface area contributed by atoms with E-state index in [0.717, 1.165) is 25.7 Å². The second-order valence-corrected chi connectivity index (χ2v) is 5.89. The van der Waals surface area contributed by atoms with E-state index in [4.69, 9.17) is 4.74 Å². The van der Waals surface area contributed by atoms with Crippen LogP contribution < -0.4 is 5.32 Å². The highest BCUT2D eigenvalue weighted by atomic mass is 16.5. The second-order valence-electron chi connectivity index (χ2n) is 5.89. The molecule has 0 aliphatic heterocycles. The molecule has 0 aromatic rings. The molecule has 0 aromatic heterocycles. The van der Waals surface area contributed by atoms with E-state index >= 15 is 0 Å². The van der Waals surface area contributed by atoms with Gasteiger partial charge in [0.25, 0.3) is 0 Å².